The summed E-state index contributed by atoms with van der Waals surface area (Å²) in [6.45, 7) is 4.89. The Morgan fingerprint density at radius 2 is 2.29 bits per heavy atom. The van der Waals surface area contributed by atoms with E-state index in [2.05, 4.69) is 12.1 Å². The summed E-state index contributed by atoms with van der Waals surface area (Å²) in [5.41, 5.74) is 5.61. The molecule has 17 heavy (non-hydrogen) atoms. The van der Waals surface area contributed by atoms with Crippen molar-refractivity contribution in [3.8, 4) is 0 Å². The number of carbonyl (C=O) groups is 1. The molecule has 1 amide bonds. The second-order valence-corrected chi connectivity index (χ2v) is 4.60. The number of hydrogen-bond acceptors (Lipinski definition) is 3. The Kier molecular flexibility index (Phi) is 5.25. The van der Waals surface area contributed by atoms with Gasteiger partial charge in [-0.2, -0.15) is 0 Å². The molecule has 2 atom stereocenters. The Balaban J connectivity index is 2.77. The van der Waals surface area contributed by atoms with Gasteiger partial charge in [0.25, 0.3) is 0 Å². The van der Waals surface area contributed by atoms with Crippen LogP contribution in [0.2, 0.25) is 0 Å². The molecule has 1 fully saturated rings. The van der Waals surface area contributed by atoms with Gasteiger partial charge in [0.2, 0.25) is 5.91 Å². The highest BCUT2D eigenvalue weighted by atomic mass is 16.4. The first-order valence-corrected chi connectivity index (χ1v) is 6.43. The van der Waals surface area contributed by atoms with E-state index in [1.54, 1.807) is 0 Å². The van der Waals surface area contributed by atoms with Crippen molar-refractivity contribution in [2.75, 3.05) is 6.54 Å². The van der Waals surface area contributed by atoms with Gasteiger partial charge in [-0.05, 0) is 25.7 Å². The van der Waals surface area contributed by atoms with Crippen molar-refractivity contribution in [2.45, 2.75) is 52.0 Å². The van der Waals surface area contributed by atoms with E-state index >= 15 is 0 Å². The van der Waals surface area contributed by atoms with Crippen LogP contribution in [0, 0.1) is 5.92 Å². The molecule has 1 aliphatic rings. The minimum Gasteiger partial charge on any atom is -0.409 e. The zero-order chi connectivity index (χ0) is 12.8. The maximum atomic E-state index is 12.4. The molecule has 0 aromatic rings. The van der Waals surface area contributed by atoms with Crippen molar-refractivity contribution in [3.63, 3.8) is 0 Å². The fourth-order valence-corrected chi connectivity index (χ4v) is 2.51. The van der Waals surface area contributed by atoms with Crippen LogP contribution in [0.3, 0.4) is 0 Å². The lowest BCUT2D eigenvalue weighted by molar-refractivity contribution is -0.134. The van der Waals surface area contributed by atoms with Crippen LogP contribution in [-0.2, 0) is 4.79 Å². The number of likely N-dealkylation sites (tertiary alicyclic amines) is 1. The third-order valence-corrected chi connectivity index (χ3v) is 3.48. The van der Waals surface area contributed by atoms with Gasteiger partial charge in [0, 0.05) is 12.6 Å². The predicted molar refractivity (Wildman–Crippen MR) is 66.8 cm³/mol. The Morgan fingerprint density at radius 1 is 1.59 bits per heavy atom. The lowest BCUT2D eigenvalue weighted by atomic mass is 10.00. The molecule has 0 aliphatic carbocycles. The average Bonchev–Trinajstić information content (AvgIpc) is 2.82. The lowest BCUT2D eigenvalue weighted by Crippen LogP contribution is -2.44. The molecule has 0 radical (unpaired) electrons. The molecule has 0 bridgehead atoms. The number of oxime groups is 1. The van der Waals surface area contributed by atoms with Gasteiger partial charge in [0.05, 0.1) is 5.92 Å². The maximum Gasteiger partial charge on any atom is 0.233 e. The Morgan fingerprint density at radius 3 is 2.82 bits per heavy atom. The van der Waals surface area contributed by atoms with Crippen LogP contribution in [0.1, 0.15) is 46.0 Å². The van der Waals surface area contributed by atoms with Crippen molar-refractivity contribution in [3.05, 3.63) is 0 Å². The molecule has 2 unspecified atom stereocenters. The molecule has 0 aromatic heterocycles. The standard InChI is InChI=1S/C12H23N3O2/c1-3-6-10(11(13)14-17)12(16)15-8-5-7-9(15)4-2/h9-10,17H,3-8H2,1-2H3,(H2,13,14). The molecule has 3 N–H and O–H groups in total. The summed E-state index contributed by atoms with van der Waals surface area (Å²) in [5.74, 6) is -0.401. The van der Waals surface area contributed by atoms with Crippen LogP contribution in [0.4, 0.5) is 0 Å². The fourth-order valence-electron chi connectivity index (χ4n) is 2.51. The van der Waals surface area contributed by atoms with Crippen LogP contribution in [0.25, 0.3) is 0 Å². The van der Waals surface area contributed by atoms with Gasteiger partial charge in [-0.3, -0.25) is 4.79 Å². The van der Waals surface area contributed by atoms with Crippen LogP contribution >= 0.6 is 0 Å². The normalized spacial score (nSPS) is 22.8. The maximum absolute atomic E-state index is 12.4. The Bertz CT molecular complexity index is 291. The monoisotopic (exact) mass is 241 g/mol. The van der Waals surface area contributed by atoms with Gasteiger partial charge in [-0.25, -0.2) is 0 Å². The highest BCUT2D eigenvalue weighted by molar-refractivity contribution is 6.02. The minimum atomic E-state index is -0.461. The first kappa shape index (κ1) is 13.8. The average molecular weight is 241 g/mol. The largest absolute Gasteiger partial charge is 0.409 e. The van der Waals surface area contributed by atoms with Gasteiger partial charge < -0.3 is 15.8 Å². The first-order chi connectivity index (χ1) is 8.15. The van der Waals surface area contributed by atoms with Crippen LogP contribution in [0.15, 0.2) is 5.16 Å². The van der Waals surface area contributed by atoms with Crippen molar-refractivity contribution >= 4 is 11.7 Å². The molecular weight excluding hydrogens is 218 g/mol. The molecule has 98 valence electrons. The topological polar surface area (TPSA) is 78.9 Å². The molecule has 1 rings (SSSR count). The number of rotatable bonds is 5. The molecule has 0 spiro atoms. The lowest BCUT2D eigenvalue weighted by Gasteiger charge is -2.27. The summed E-state index contributed by atoms with van der Waals surface area (Å²) in [7, 11) is 0. The van der Waals surface area contributed by atoms with Gasteiger partial charge >= 0.3 is 0 Å². The van der Waals surface area contributed by atoms with E-state index in [0.717, 1.165) is 32.2 Å². The zero-order valence-electron chi connectivity index (χ0n) is 10.7. The number of hydrogen-bond donors (Lipinski definition) is 2. The highest BCUT2D eigenvalue weighted by Gasteiger charge is 2.33. The molecule has 1 saturated heterocycles. The Hall–Kier alpha value is -1.26. The second-order valence-electron chi connectivity index (χ2n) is 4.60. The van der Waals surface area contributed by atoms with E-state index in [4.69, 9.17) is 10.9 Å². The number of amidine groups is 1. The third kappa shape index (κ3) is 3.11. The third-order valence-electron chi connectivity index (χ3n) is 3.48. The van der Waals surface area contributed by atoms with Crippen molar-refractivity contribution in [1.82, 2.24) is 4.90 Å². The fraction of sp³-hybridized carbons (Fsp3) is 0.833. The smallest absolute Gasteiger partial charge is 0.233 e. The first-order valence-electron chi connectivity index (χ1n) is 6.43. The van der Waals surface area contributed by atoms with Gasteiger partial charge in [0.15, 0.2) is 5.84 Å². The number of nitrogens with two attached hydrogens (primary N) is 1. The van der Waals surface area contributed by atoms with E-state index in [1.807, 2.05) is 11.8 Å². The van der Waals surface area contributed by atoms with E-state index < -0.39 is 5.92 Å². The number of amides is 1. The highest BCUT2D eigenvalue weighted by Crippen LogP contribution is 2.23. The summed E-state index contributed by atoms with van der Waals surface area (Å²) < 4.78 is 0. The molecule has 1 aliphatic heterocycles. The number of carbonyl (C=O) groups excluding carboxylic acids is 1. The van der Waals surface area contributed by atoms with Crippen LogP contribution in [0.5, 0.6) is 0 Å². The van der Waals surface area contributed by atoms with Crippen molar-refractivity contribution in [2.24, 2.45) is 16.8 Å². The van der Waals surface area contributed by atoms with E-state index in [1.165, 1.54) is 0 Å². The Labute approximate surface area is 103 Å². The quantitative estimate of drug-likeness (QED) is 0.332. The van der Waals surface area contributed by atoms with Crippen LogP contribution < -0.4 is 5.73 Å². The molecule has 5 nitrogen and oxygen atoms in total. The second kappa shape index (κ2) is 6.47. The van der Waals surface area contributed by atoms with E-state index in [9.17, 15) is 4.79 Å². The summed E-state index contributed by atoms with van der Waals surface area (Å²) in [6.07, 6.45) is 4.58. The van der Waals surface area contributed by atoms with Gasteiger partial charge in [-0.15, -0.1) is 0 Å². The van der Waals surface area contributed by atoms with E-state index in [-0.39, 0.29) is 11.7 Å². The molecule has 5 heteroatoms. The van der Waals surface area contributed by atoms with E-state index in [0.29, 0.717) is 12.5 Å². The summed E-state index contributed by atoms with van der Waals surface area (Å²) in [6, 6.07) is 0.327. The molecule has 0 aromatic carbocycles. The molecule has 0 saturated carbocycles. The summed E-state index contributed by atoms with van der Waals surface area (Å²) >= 11 is 0. The number of nitrogens with zero attached hydrogens (tertiary/aromatic N) is 2. The summed E-state index contributed by atoms with van der Waals surface area (Å²) in [4.78, 5) is 14.3. The van der Waals surface area contributed by atoms with Crippen molar-refractivity contribution in [1.29, 1.82) is 0 Å². The predicted octanol–water partition coefficient (Wildman–Crippen LogP) is 1.55. The SMILES string of the molecule is CCCC(C(=O)N1CCCC1CC)C(N)=NO. The van der Waals surface area contributed by atoms with Crippen molar-refractivity contribution < 1.29 is 10.0 Å². The molecule has 1 heterocycles. The zero-order valence-corrected chi connectivity index (χ0v) is 10.7. The van der Waals surface area contributed by atoms with Gasteiger partial charge in [0.1, 0.15) is 0 Å². The van der Waals surface area contributed by atoms with Gasteiger partial charge in [-0.1, -0.05) is 25.4 Å². The minimum absolute atomic E-state index is 0.0199. The summed E-state index contributed by atoms with van der Waals surface area (Å²) in [5, 5.41) is 11.7. The van der Waals surface area contributed by atoms with Crippen LogP contribution in [-0.4, -0.2) is 34.4 Å². The molecular formula is C12H23N3O2.